The van der Waals surface area contributed by atoms with E-state index in [1.54, 1.807) is 0 Å². The number of aryl methyl sites for hydroxylation is 1. The first-order chi connectivity index (χ1) is 8.75. The van der Waals surface area contributed by atoms with Gasteiger partial charge in [-0.05, 0) is 19.3 Å². The standard InChI is InChI=1S/C14H14N2O2/c17-14(18)10-6-7-12-11(8-10)13(16-15-12)9-4-2-1-3-5-9/h1-5,10H,6-8H2,(H,15,16)(H,17,18)/t10-/m0/s1. The van der Waals surface area contributed by atoms with Crippen LogP contribution in [0.25, 0.3) is 11.3 Å². The molecule has 0 radical (unpaired) electrons. The number of hydrogen-bond acceptors (Lipinski definition) is 2. The minimum absolute atomic E-state index is 0.280. The molecular formula is C14H14N2O2. The maximum atomic E-state index is 11.1. The Bertz CT molecular complexity index is 575. The number of aliphatic carboxylic acids is 1. The molecule has 1 heterocycles. The number of carboxylic acid groups (broad SMARTS) is 1. The third-order valence-corrected chi connectivity index (χ3v) is 3.54. The van der Waals surface area contributed by atoms with Crippen LogP contribution in [0.1, 0.15) is 17.7 Å². The molecule has 0 saturated heterocycles. The third kappa shape index (κ3) is 1.79. The van der Waals surface area contributed by atoms with Crippen LogP contribution >= 0.6 is 0 Å². The third-order valence-electron chi connectivity index (χ3n) is 3.54. The highest BCUT2D eigenvalue weighted by molar-refractivity contribution is 5.72. The smallest absolute Gasteiger partial charge is 0.306 e. The quantitative estimate of drug-likeness (QED) is 0.849. The summed E-state index contributed by atoms with van der Waals surface area (Å²) in [6.45, 7) is 0. The molecule has 1 aliphatic carbocycles. The van der Waals surface area contributed by atoms with Crippen molar-refractivity contribution in [2.45, 2.75) is 19.3 Å². The lowest BCUT2D eigenvalue weighted by molar-refractivity contribution is -0.142. The van der Waals surface area contributed by atoms with E-state index < -0.39 is 5.97 Å². The number of fused-ring (bicyclic) bond motifs is 1. The predicted molar refractivity (Wildman–Crippen MR) is 67.2 cm³/mol. The molecule has 1 aliphatic rings. The Kier molecular flexibility index (Phi) is 2.63. The minimum Gasteiger partial charge on any atom is -0.481 e. The first-order valence-corrected chi connectivity index (χ1v) is 6.10. The number of rotatable bonds is 2. The summed E-state index contributed by atoms with van der Waals surface area (Å²) in [6, 6.07) is 9.89. The predicted octanol–water partition coefficient (Wildman–Crippen LogP) is 2.27. The Morgan fingerprint density at radius 1 is 1.33 bits per heavy atom. The average Bonchev–Trinajstić information content (AvgIpc) is 2.82. The second-order valence-corrected chi connectivity index (χ2v) is 4.67. The molecule has 18 heavy (non-hydrogen) atoms. The number of benzene rings is 1. The van der Waals surface area contributed by atoms with Crippen LogP contribution in [-0.4, -0.2) is 21.3 Å². The second-order valence-electron chi connectivity index (χ2n) is 4.67. The van der Waals surface area contributed by atoms with Crippen LogP contribution in [0.5, 0.6) is 0 Å². The summed E-state index contributed by atoms with van der Waals surface area (Å²) in [5.74, 6) is -0.988. The number of nitrogens with one attached hydrogen (secondary N) is 1. The summed E-state index contributed by atoms with van der Waals surface area (Å²) in [6.07, 6.45) is 2.04. The van der Waals surface area contributed by atoms with Crippen molar-refractivity contribution in [2.75, 3.05) is 0 Å². The fourth-order valence-electron chi connectivity index (χ4n) is 2.54. The van der Waals surface area contributed by atoms with Crippen molar-refractivity contribution < 1.29 is 9.90 Å². The number of carbonyl (C=O) groups is 1. The first-order valence-electron chi connectivity index (χ1n) is 6.10. The van der Waals surface area contributed by atoms with Gasteiger partial charge in [0.05, 0.1) is 11.6 Å². The van der Waals surface area contributed by atoms with Gasteiger partial charge in [0.25, 0.3) is 0 Å². The Hall–Kier alpha value is -2.10. The summed E-state index contributed by atoms with van der Waals surface area (Å²) < 4.78 is 0. The highest BCUT2D eigenvalue weighted by Crippen LogP contribution is 2.31. The largest absolute Gasteiger partial charge is 0.481 e. The van der Waals surface area contributed by atoms with Crippen molar-refractivity contribution in [3.05, 3.63) is 41.6 Å². The van der Waals surface area contributed by atoms with Gasteiger partial charge >= 0.3 is 5.97 Å². The van der Waals surface area contributed by atoms with Gasteiger partial charge in [-0.25, -0.2) is 0 Å². The van der Waals surface area contributed by atoms with E-state index in [0.29, 0.717) is 12.8 Å². The van der Waals surface area contributed by atoms with Crippen molar-refractivity contribution in [1.82, 2.24) is 10.2 Å². The molecule has 4 heteroatoms. The fraction of sp³-hybridized carbons (Fsp3) is 0.286. The highest BCUT2D eigenvalue weighted by atomic mass is 16.4. The highest BCUT2D eigenvalue weighted by Gasteiger charge is 2.28. The summed E-state index contributed by atoms with van der Waals surface area (Å²) in [5, 5.41) is 16.5. The molecule has 2 aromatic rings. The van der Waals surface area contributed by atoms with Crippen LogP contribution in [0.3, 0.4) is 0 Å². The number of aromatic nitrogens is 2. The van der Waals surface area contributed by atoms with Gasteiger partial charge in [-0.15, -0.1) is 0 Å². The maximum Gasteiger partial charge on any atom is 0.306 e. The van der Waals surface area contributed by atoms with Gasteiger partial charge in [0.1, 0.15) is 0 Å². The Labute approximate surface area is 105 Å². The molecule has 0 saturated carbocycles. The topological polar surface area (TPSA) is 66.0 Å². The van der Waals surface area contributed by atoms with E-state index in [4.69, 9.17) is 5.11 Å². The number of aromatic amines is 1. The molecule has 0 amide bonds. The van der Waals surface area contributed by atoms with E-state index in [0.717, 1.165) is 28.9 Å². The number of carboxylic acids is 1. The monoisotopic (exact) mass is 242 g/mol. The van der Waals surface area contributed by atoms with Crippen LogP contribution < -0.4 is 0 Å². The second kappa shape index (κ2) is 4.29. The lowest BCUT2D eigenvalue weighted by atomic mass is 9.85. The molecule has 3 rings (SSSR count). The van der Waals surface area contributed by atoms with E-state index in [2.05, 4.69) is 10.2 Å². The number of H-pyrrole nitrogens is 1. The van der Waals surface area contributed by atoms with E-state index in [1.807, 2.05) is 30.3 Å². The lowest BCUT2D eigenvalue weighted by Gasteiger charge is -2.18. The maximum absolute atomic E-state index is 11.1. The van der Waals surface area contributed by atoms with Gasteiger partial charge in [0.2, 0.25) is 0 Å². The van der Waals surface area contributed by atoms with Crippen LogP contribution in [0.15, 0.2) is 30.3 Å². The van der Waals surface area contributed by atoms with E-state index >= 15 is 0 Å². The number of hydrogen-bond donors (Lipinski definition) is 2. The molecular weight excluding hydrogens is 228 g/mol. The minimum atomic E-state index is -0.708. The zero-order valence-corrected chi connectivity index (χ0v) is 9.89. The molecule has 0 fully saturated rings. The number of nitrogens with zero attached hydrogens (tertiary/aromatic N) is 1. The Morgan fingerprint density at radius 2 is 2.11 bits per heavy atom. The Balaban J connectivity index is 2.00. The molecule has 0 spiro atoms. The van der Waals surface area contributed by atoms with Gasteiger partial charge in [0, 0.05) is 16.8 Å². The molecule has 0 bridgehead atoms. The van der Waals surface area contributed by atoms with Gasteiger partial charge in [-0.2, -0.15) is 5.10 Å². The van der Waals surface area contributed by atoms with Crippen molar-refractivity contribution in [1.29, 1.82) is 0 Å². The van der Waals surface area contributed by atoms with Gasteiger partial charge in [0.15, 0.2) is 0 Å². The molecule has 0 unspecified atom stereocenters. The molecule has 1 aromatic carbocycles. The molecule has 1 atom stereocenters. The molecule has 4 nitrogen and oxygen atoms in total. The molecule has 1 aromatic heterocycles. The fourth-order valence-corrected chi connectivity index (χ4v) is 2.54. The van der Waals surface area contributed by atoms with Crippen molar-refractivity contribution in [3.8, 4) is 11.3 Å². The van der Waals surface area contributed by atoms with Crippen molar-refractivity contribution >= 4 is 5.97 Å². The lowest BCUT2D eigenvalue weighted by Crippen LogP contribution is -2.21. The summed E-state index contributed by atoms with van der Waals surface area (Å²) in [5.41, 5.74) is 4.10. The zero-order valence-electron chi connectivity index (χ0n) is 9.89. The first kappa shape index (κ1) is 11.0. The SMILES string of the molecule is O=C(O)[C@H]1CCc2[nH]nc(-c3ccccc3)c2C1. The van der Waals surface area contributed by atoms with Crippen LogP contribution in [0.2, 0.25) is 0 Å². The van der Waals surface area contributed by atoms with E-state index in [1.165, 1.54) is 0 Å². The normalized spacial score (nSPS) is 18.3. The van der Waals surface area contributed by atoms with Crippen LogP contribution in [-0.2, 0) is 17.6 Å². The van der Waals surface area contributed by atoms with E-state index in [9.17, 15) is 4.79 Å². The van der Waals surface area contributed by atoms with Crippen molar-refractivity contribution in [3.63, 3.8) is 0 Å². The van der Waals surface area contributed by atoms with Crippen molar-refractivity contribution in [2.24, 2.45) is 5.92 Å². The van der Waals surface area contributed by atoms with Crippen LogP contribution in [0, 0.1) is 5.92 Å². The van der Waals surface area contributed by atoms with Gasteiger partial charge in [-0.3, -0.25) is 9.89 Å². The van der Waals surface area contributed by atoms with Crippen LogP contribution in [0.4, 0.5) is 0 Å². The Morgan fingerprint density at radius 3 is 2.83 bits per heavy atom. The molecule has 92 valence electrons. The van der Waals surface area contributed by atoms with Gasteiger partial charge in [-0.1, -0.05) is 30.3 Å². The zero-order chi connectivity index (χ0) is 12.5. The van der Waals surface area contributed by atoms with Gasteiger partial charge < -0.3 is 5.11 Å². The van der Waals surface area contributed by atoms with E-state index in [-0.39, 0.29) is 5.92 Å². The summed E-state index contributed by atoms with van der Waals surface area (Å²) >= 11 is 0. The molecule has 2 N–H and O–H groups in total. The summed E-state index contributed by atoms with van der Waals surface area (Å²) in [7, 11) is 0. The summed E-state index contributed by atoms with van der Waals surface area (Å²) in [4.78, 5) is 11.1. The average molecular weight is 242 g/mol. The molecule has 0 aliphatic heterocycles.